The molecule has 0 heterocycles. The van der Waals surface area contributed by atoms with E-state index in [9.17, 15) is 14.9 Å². The number of anilines is 1. The number of hydrogen-bond donors (Lipinski definition) is 1. The third-order valence-electron chi connectivity index (χ3n) is 4.04. The van der Waals surface area contributed by atoms with Gasteiger partial charge in [0.05, 0.1) is 4.92 Å². The lowest BCUT2D eigenvalue weighted by Gasteiger charge is -2.10. The number of nitro groups is 1. The highest BCUT2D eigenvalue weighted by Crippen LogP contribution is 2.19. The third kappa shape index (κ3) is 5.12. The Hall–Kier alpha value is -3.73. The van der Waals surface area contributed by atoms with E-state index >= 15 is 0 Å². The first-order chi connectivity index (χ1) is 13.1. The molecule has 0 atom stereocenters. The molecule has 134 valence electrons. The van der Waals surface area contributed by atoms with E-state index in [2.05, 4.69) is 5.32 Å². The molecule has 1 amide bonds. The molecule has 5 heteroatoms. The van der Waals surface area contributed by atoms with Gasteiger partial charge in [-0.2, -0.15) is 0 Å². The second-order valence-electron chi connectivity index (χ2n) is 5.99. The SMILES string of the molecule is O=C(/C=C/c1ccc([N+](=O)[O-])cc1)Nc1ccccc1Cc1ccccc1. The lowest BCUT2D eigenvalue weighted by molar-refractivity contribution is -0.384. The molecule has 3 rings (SSSR count). The summed E-state index contributed by atoms with van der Waals surface area (Å²) < 4.78 is 0. The largest absolute Gasteiger partial charge is 0.322 e. The fourth-order valence-corrected chi connectivity index (χ4v) is 2.67. The zero-order valence-corrected chi connectivity index (χ0v) is 14.5. The van der Waals surface area contributed by atoms with Crippen LogP contribution in [-0.4, -0.2) is 10.8 Å². The molecule has 0 aromatic heterocycles. The van der Waals surface area contributed by atoms with Gasteiger partial charge in [0.15, 0.2) is 0 Å². The molecule has 3 aromatic carbocycles. The van der Waals surface area contributed by atoms with Gasteiger partial charge in [-0.1, -0.05) is 48.5 Å². The van der Waals surface area contributed by atoms with E-state index in [1.54, 1.807) is 18.2 Å². The average molecular weight is 358 g/mol. The van der Waals surface area contributed by atoms with E-state index < -0.39 is 4.92 Å². The summed E-state index contributed by atoms with van der Waals surface area (Å²) >= 11 is 0. The Morgan fingerprint density at radius 1 is 0.926 bits per heavy atom. The topological polar surface area (TPSA) is 72.2 Å². The second kappa shape index (κ2) is 8.58. The molecule has 27 heavy (non-hydrogen) atoms. The highest BCUT2D eigenvalue weighted by Gasteiger charge is 2.06. The standard InChI is InChI=1S/C22H18N2O3/c25-22(15-12-17-10-13-20(14-11-17)24(26)27)23-21-9-5-4-8-19(21)16-18-6-2-1-3-7-18/h1-15H,16H2,(H,23,25)/b15-12+. The van der Waals surface area contributed by atoms with Crippen LogP contribution in [0.25, 0.3) is 6.08 Å². The van der Waals surface area contributed by atoms with Crippen molar-refractivity contribution in [3.05, 3.63) is 112 Å². The lowest BCUT2D eigenvalue weighted by atomic mass is 10.0. The molecule has 0 unspecified atom stereocenters. The van der Waals surface area contributed by atoms with Crippen molar-refractivity contribution in [3.63, 3.8) is 0 Å². The second-order valence-corrected chi connectivity index (χ2v) is 5.99. The van der Waals surface area contributed by atoms with Crippen molar-refractivity contribution in [2.24, 2.45) is 0 Å². The van der Waals surface area contributed by atoms with Crippen molar-refractivity contribution in [3.8, 4) is 0 Å². The van der Waals surface area contributed by atoms with Gasteiger partial charge in [0, 0.05) is 23.9 Å². The molecule has 0 bridgehead atoms. The first kappa shape index (κ1) is 18.1. The van der Waals surface area contributed by atoms with Gasteiger partial charge in [0.1, 0.15) is 0 Å². The first-order valence-corrected chi connectivity index (χ1v) is 8.47. The Bertz CT molecular complexity index is 964. The number of hydrogen-bond acceptors (Lipinski definition) is 3. The number of nitrogens with zero attached hydrogens (tertiary/aromatic N) is 1. The van der Waals surface area contributed by atoms with Crippen molar-refractivity contribution in [1.82, 2.24) is 0 Å². The number of carbonyl (C=O) groups is 1. The minimum absolute atomic E-state index is 0.0199. The summed E-state index contributed by atoms with van der Waals surface area (Å²) in [6, 6.07) is 23.8. The average Bonchev–Trinajstić information content (AvgIpc) is 2.69. The van der Waals surface area contributed by atoms with Gasteiger partial charge in [-0.25, -0.2) is 0 Å². The van der Waals surface area contributed by atoms with Gasteiger partial charge in [-0.3, -0.25) is 14.9 Å². The van der Waals surface area contributed by atoms with Crippen LogP contribution < -0.4 is 5.32 Å². The maximum atomic E-state index is 12.3. The van der Waals surface area contributed by atoms with Gasteiger partial charge in [0.25, 0.3) is 5.69 Å². The molecule has 0 spiro atoms. The summed E-state index contributed by atoms with van der Waals surface area (Å²) in [6.45, 7) is 0. The summed E-state index contributed by atoms with van der Waals surface area (Å²) in [4.78, 5) is 22.5. The van der Waals surface area contributed by atoms with E-state index in [0.717, 1.165) is 17.7 Å². The predicted octanol–water partition coefficient (Wildman–Crippen LogP) is 4.84. The molecule has 3 aromatic rings. The molecule has 5 nitrogen and oxygen atoms in total. The Morgan fingerprint density at radius 3 is 2.30 bits per heavy atom. The highest BCUT2D eigenvalue weighted by atomic mass is 16.6. The van der Waals surface area contributed by atoms with Crippen molar-refractivity contribution in [2.75, 3.05) is 5.32 Å². The predicted molar refractivity (Wildman–Crippen MR) is 106 cm³/mol. The molecule has 0 aliphatic heterocycles. The quantitative estimate of drug-likeness (QED) is 0.389. The van der Waals surface area contributed by atoms with E-state index in [1.165, 1.54) is 23.8 Å². The van der Waals surface area contributed by atoms with Gasteiger partial charge in [-0.05, 0) is 47.4 Å². The van der Waals surface area contributed by atoms with Crippen LogP contribution in [0.15, 0.2) is 84.9 Å². The molecular weight excluding hydrogens is 340 g/mol. The zero-order chi connectivity index (χ0) is 19.1. The number of rotatable bonds is 6. The maximum Gasteiger partial charge on any atom is 0.269 e. The van der Waals surface area contributed by atoms with Gasteiger partial charge < -0.3 is 5.32 Å². The number of non-ortho nitro benzene ring substituents is 1. The number of nitrogens with one attached hydrogen (secondary N) is 1. The molecule has 0 aliphatic carbocycles. The molecule has 0 saturated carbocycles. The maximum absolute atomic E-state index is 12.3. The molecule has 0 aliphatic rings. The highest BCUT2D eigenvalue weighted by molar-refractivity contribution is 6.02. The molecular formula is C22H18N2O3. The smallest absolute Gasteiger partial charge is 0.269 e. The van der Waals surface area contributed by atoms with Crippen LogP contribution in [0, 0.1) is 10.1 Å². The summed E-state index contributed by atoms with van der Waals surface area (Å²) in [5.74, 6) is -0.256. The summed E-state index contributed by atoms with van der Waals surface area (Å²) in [5.41, 5.74) is 3.70. The van der Waals surface area contributed by atoms with Crippen LogP contribution in [0.2, 0.25) is 0 Å². The number of amides is 1. The Labute approximate surface area is 157 Å². The normalized spacial score (nSPS) is 10.7. The van der Waals surface area contributed by atoms with E-state index in [0.29, 0.717) is 5.56 Å². The van der Waals surface area contributed by atoms with Gasteiger partial charge in [0.2, 0.25) is 5.91 Å². The van der Waals surface area contributed by atoms with E-state index in [-0.39, 0.29) is 11.6 Å². The van der Waals surface area contributed by atoms with Crippen LogP contribution in [0.1, 0.15) is 16.7 Å². The molecule has 0 radical (unpaired) electrons. The van der Waals surface area contributed by atoms with Crippen molar-refractivity contribution < 1.29 is 9.72 Å². The van der Waals surface area contributed by atoms with E-state index in [4.69, 9.17) is 0 Å². The molecule has 0 fully saturated rings. The van der Waals surface area contributed by atoms with Crippen molar-refractivity contribution in [1.29, 1.82) is 0 Å². The minimum atomic E-state index is -0.454. The molecule has 0 saturated heterocycles. The summed E-state index contributed by atoms with van der Waals surface area (Å²) in [7, 11) is 0. The van der Waals surface area contributed by atoms with Crippen LogP contribution in [-0.2, 0) is 11.2 Å². The fourth-order valence-electron chi connectivity index (χ4n) is 2.67. The van der Waals surface area contributed by atoms with Crippen LogP contribution in [0.4, 0.5) is 11.4 Å². The Kier molecular flexibility index (Phi) is 5.74. The van der Waals surface area contributed by atoms with Crippen LogP contribution in [0.3, 0.4) is 0 Å². The van der Waals surface area contributed by atoms with Gasteiger partial charge >= 0.3 is 0 Å². The van der Waals surface area contributed by atoms with Crippen molar-refractivity contribution in [2.45, 2.75) is 6.42 Å². The fraction of sp³-hybridized carbons (Fsp3) is 0.0455. The minimum Gasteiger partial charge on any atom is -0.322 e. The van der Waals surface area contributed by atoms with Gasteiger partial charge in [-0.15, -0.1) is 0 Å². The summed E-state index contributed by atoms with van der Waals surface area (Å²) in [5, 5.41) is 13.6. The van der Waals surface area contributed by atoms with Crippen LogP contribution >= 0.6 is 0 Å². The number of para-hydroxylation sites is 1. The first-order valence-electron chi connectivity index (χ1n) is 8.47. The Morgan fingerprint density at radius 2 is 1.59 bits per heavy atom. The molecule has 1 N–H and O–H groups in total. The zero-order valence-electron chi connectivity index (χ0n) is 14.5. The number of nitro benzene ring substituents is 1. The number of carbonyl (C=O) groups excluding carboxylic acids is 1. The lowest BCUT2D eigenvalue weighted by Crippen LogP contribution is -2.10. The van der Waals surface area contributed by atoms with E-state index in [1.807, 2.05) is 54.6 Å². The van der Waals surface area contributed by atoms with Crippen molar-refractivity contribution >= 4 is 23.4 Å². The third-order valence-corrected chi connectivity index (χ3v) is 4.04. The number of benzene rings is 3. The Balaban J connectivity index is 1.68. The monoisotopic (exact) mass is 358 g/mol. The van der Waals surface area contributed by atoms with Crippen LogP contribution in [0.5, 0.6) is 0 Å². The summed E-state index contributed by atoms with van der Waals surface area (Å²) in [6.07, 6.45) is 3.77.